The first kappa shape index (κ1) is 13.8. The number of carbonyl (C=O) groups is 1. The SMILES string of the molecule is O=C(c1nc2ccccc2cc1Br)c1c(F)cccc1F. The summed E-state index contributed by atoms with van der Waals surface area (Å²) in [7, 11) is 0. The number of fused-ring (bicyclic) bond motifs is 1. The summed E-state index contributed by atoms with van der Waals surface area (Å²) in [6, 6.07) is 12.2. The Morgan fingerprint density at radius 3 is 2.38 bits per heavy atom. The Morgan fingerprint density at radius 2 is 1.67 bits per heavy atom. The fourth-order valence-electron chi connectivity index (χ4n) is 2.08. The highest BCUT2D eigenvalue weighted by Crippen LogP contribution is 2.25. The molecule has 0 atom stereocenters. The number of aromatic nitrogens is 1. The van der Waals surface area contributed by atoms with Crippen molar-refractivity contribution in [2.45, 2.75) is 0 Å². The van der Waals surface area contributed by atoms with E-state index in [-0.39, 0.29) is 5.69 Å². The molecule has 3 aromatic rings. The third-order valence-corrected chi connectivity index (χ3v) is 3.69. The van der Waals surface area contributed by atoms with Gasteiger partial charge in [0.15, 0.2) is 0 Å². The molecule has 2 aromatic carbocycles. The zero-order chi connectivity index (χ0) is 15.0. The summed E-state index contributed by atoms with van der Waals surface area (Å²) in [6.07, 6.45) is 0. The van der Waals surface area contributed by atoms with Gasteiger partial charge in [0.05, 0.1) is 11.1 Å². The molecule has 0 N–H and O–H groups in total. The van der Waals surface area contributed by atoms with Crippen LogP contribution < -0.4 is 0 Å². The van der Waals surface area contributed by atoms with Crippen molar-refractivity contribution in [3.63, 3.8) is 0 Å². The van der Waals surface area contributed by atoms with Crippen LogP contribution in [0.1, 0.15) is 16.1 Å². The zero-order valence-electron chi connectivity index (χ0n) is 10.6. The van der Waals surface area contributed by atoms with Crippen molar-refractivity contribution in [2.24, 2.45) is 0 Å². The van der Waals surface area contributed by atoms with Crippen molar-refractivity contribution in [2.75, 3.05) is 0 Å². The topological polar surface area (TPSA) is 30.0 Å². The maximum Gasteiger partial charge on any atom is 0.218 e. The van der Waals surface area contributed by atoms with Gasteiger partial charge in [-0.25, -0.2) is 13.8 Å². The van der Waals surface area contributed by atoms with E-state index in [2.05, 4.69) is 20.9 Å². The summed E-state index contributed by atoms with van der Waals surface area (Å²) < 4.78 is 27.9. The van der Waals surface area contributed by atoms with Crippen LogP contribution in [-0.4, -0.2) is 10.8 Å². The molecular weight excluding hydrogens is 340 g/mol. The number of carbonyl (C=O) groups excluding carboxylic acids is 1. The third kappa shape index (κ3) is 2.45. The van der Waals surface area contributed by atoms with Crippen LogP contribution in [-0.2, 0) is 0 Å². The zero-order valence-corrected chi connectivity index (χ0v) is 12.2. The lowest BCUT2D eigenvalue weighted by Crippen LogP contribution is -2.10. The lowest BCUT2D eigenvalue weighted by atomic mass is 10.1. The molecule has 0 fully saturated rings. The van der Waals surface area contributed by atoms with Gasteiger partial charge in [0.25, 0.3) is 0 Å². The van der Waals surface area contributed by atoms with Gasteiger partial charge in [0.1, 0.15) is 17.3 Å². The molecule has 5 heteroatoms. The number of para-hydroxylation sites is 1. The van der Waals surface area contributed by atoms with Crippen molar-refractivity contribution in [3.05, 3.63) is 75.9 Å². The average molecular weight is 348 g/mol. The monoisotopic (exact) mass is 347 g/mol. The molecule has 0 aliphatic heterocycles. The van der Waals surface area contributed by atoms with Crippen LogP contribution in [0.5, 0.6) is 0 Å². The molecule has 1 heterocycles. The van der Waals surface area contributed by atoms with Crippen molar-refractivity contribution < 1.29 is 13.6 Å². The maximum absolute atomic E-state index is 13.7. The van der Waals surface area contributed by atoms with Crippen LogP contribution in [0, 0.1) is 11.6 Å². The van der Waals surface area contributed by atoms with Gasteiger partial charge in [-0.1, -0.05) is 24.3 Å². The van der Waals surface area contributed by atoms with Gasteiger partial charge < -0.3 is 0 Å². The molecule has 0 amide bonds. The largest absolute Gasteiger partial charge is 0.287 e. The minimum atomic E-state index is -0.901. The molecule has 104 valence electrons. The van der Waals surface area contributed by atoms with E-state index in [0.717, 1.165) is 17.5 Å². The highest BCUT2D eigenvalue weighted by atomic mass is 79.9. The number of ketones is 1. The number of hydrogen-bond acceptors (Lipinski definition) is 2. The second-order valence-corrected chi connectivity index (χ2v) is 5.29. The Hall–Kier alpha value is -2.14. The molecular formula is C16H8BrF2NO. The minimum Gasteiger partial charge on any atom is -0.287 e. The first-order valence-electron chi connectivity index (χ1n) is 6.12. The molecule has 2 nitrogen and oxygen atoms in total. The molecule has 0 unspecified atom stereocenters. The normalized spacial score (nSPS) is 10.8. The van der Waals surface area contributed by atoms with Gasteiger partial charge >= 0.3 is 0 Å². The first-order chi connectivity index (χ1) is 10.1. The van der Waals surface area contributed by atoms with Gasteiger partial charge in [0, 0.05) is 9.86 Å². The van der Waals surface area contributed by atoms with E-state index in [1.807, 2.05) is 12.1 Å². The molecule has 21 heavy (non-hydrogen) atoms. The van der Waals surface area contributed by atoms with Gasteiger partial charge in [-0.3, -0.25) is 4.79 Å². The van der Waals surface area contributed by atoms with Crippen molar-refractivity contribution in [1.82, 2.24) is 4.98 Å². The molecule has 3 rings (SSSR count). The van der Waals surface area contributed by atoms with E-state index in [1.54, 1.807) is 18.2 Å². The van der Waals surface area contributed by atoms with Crippen LogP contribution in [0.3, 0.4) is 0 Å². The number of halogens is 3. The van der Waals surface area contributed by atoms with Crippen LogP contribution in [0.15, 0.2) is 53.0 Å². The number of benzene rings is 2. The Bertz CT molecular complexity index is 844. The van der Waals surface area contributed by atoms with Gasteiger partial charge in [-0.05, 0) is 40.2 Å². The van der Waals surface area contributed by atoms with Crippen molar-refractivity contribution >= 4 is 32.6 Å². The molecule has 0 radical (unpaired) electrons. The van der Waals surface area contributed by atoms with E-state index >= 15 is 0 Å². The molecule has 0 saturated heterocycles. The minimum absolute atomic E-state index is 0.0160. The van der Waals surface area contributed by atoms with Gasteiger partial charge in [-0.15, -0.1) is 0 Å². The lowest BCUT2D eigenvalue weighted by molar-refractivity contribution is 0.102. The average Bonchev–Trinajstić information content (AvgIpc) is 2.46. The maximum atomic E-state index is 13.7. The number of nitrogens with zero attached hydrogens (tertiary/aromatic N) is 1. The summed E-state index contributed by atoms with van der Waals surface area (Å²) in [5.74, 6) is -2.59. The van der Waals surface area contributed by atoms with Gasteiger partial charge in [0.2, 0.25) is 5.78 Å². The predicted molar refractivity (Wildman–Crippen MR) is 79.2 cm³/mol. The van der Waals surface area contributed by atoms with E-state index < -0.39 is 23.0 Å². The molecule has 1 aromatic heterocycles. The summed E-state index contributed by atoms with van der Waals surface area (Å²) in [6.45, 7) is 0. The standard InChI is InChI=1S/C16H8BrF2NO/c17-10-8-9-4-1-2-7-13(9)20-15(10)16(21)14-11(18)5-3-6-12(14)19/h1-8H. The molecule has 0 aliphatic carbocycles. The third-order valence-electron chi connectivity index (χ3n) is 3.08. The quantitative estimate of drug-likeness (QED) is 0.638. The molecule has 0 saturated carbocycles. The van der Waals surface area contributed by atoms with E-state index in [0.29, 0.717) is 9.99 Å². The summed E-state index contributed by atoms with van der Waals surface area (Å²) in [5.41, 5.74) is -0.0283. The Morgan fingerprint density at radius 1 is 1.00 bits per heavy atom. The predicted octanol–water partition coefficient (Wildman–Crippen LogP) is 4.51. The molecule has 0 bridgehead atoms. The Labute approximate surface area is 127 Å². The van der Waals surface area contributed by atoms with Crippen molar-refractivity contribution in [1.29, 1.82) is 0 Å². The number of pyridine rings is 1. The van der Waals surface area contributed by atoms with Gasteiger partial charge in [-0.2, -0.15) is 0 Å². The second-order valence-electron chi connectivity index (χ2n) is 4.44. The molecule has 0 spiro atoms. The lowest BCUT2D eigenvalue weighted by Gasteiger charge is -2.07. The summed E-state index contributed by atoms with van der Waals surface area (Å²) in [5, 5.41) is 0.829. The van der Waals surface area contributed by atoms with E-state index in [4.69, 9.17) is 0 Å². The smallest absolute Gasteiger partial charge is 0.218 e. The van der Waals surface area contributed by atoms with E-state index in [1.165, 1.54) is 6.07 Å². The second kappa shape index (κ2) is 5.33. The highest BCUT2D eigenvalue weighted by molar-refractivity contribution is 9.10. The van der Waals surface area contributed by atoms with Crippen LogP contribution >= 0.6 is 15.9 Å². The highest BCUT2D eigenvalue weighted by Gasteiger charge is 2.22. The fraction of sp³-hybridized carbons (Fsp3) is 0. The van der Waals surface area contributed by atoms with Crippen LogP contribution in [0.4, 0.5) is 8.78 Å². The van der Waals surface area contributed by atoms with Crippen LogP contribution in [0.2, 0.25) is 0 Å². The molecule has 0 aliphatic rings. The summed E-state index contributed by atoms with van der Waals surface area (Å²) in [4.78, 5) is 16.6. The fourth-order valence-corrected chi connectivity index (χ4v) is 2.60. The number of rotatable bonds is 2. The summed E-state index contributed by atoms with van der Waals surface area (Å²) >= 11 is 3.24. The van der Waals surface area contributed by atoms with Crippen LogP contribution in [0.25, 0.3) is 10.9 Å². The Balaban J connectivity index is 2.20. The number of hydrogen-bond donors (Lipinski definition) is 0. The Kier molecular flexibility index (Phi) is 3.51. The first-order valence-corrected chi connectivity index (χ1v) is 6.91. The van der Waals surface area contributed by atoms with E-state index in [9.17, 15) is 13.6 Å². The van der Waals surface area contributed by atoms with Crippen molar-refractivity contribution in [3.8, 4) is 0 Å².